The zero-order valence-corrected chi connectivity index (χ0v) is 22.2. The van der Waals surface area contributed by atoms with Crippen LogP contribution >= 0.6 is 0 Å². The van der Waals surface area contributed by atoms with Crippen LogP contribution < -0.4 is 0 Å². The first-order valence-electron chi connectivity index (χ1n) is 13.6. The number of aliphatic hydroxyl groups excluding tert-OH is 1. The summed E-state index contributed by atoms with van der Waals surface area (Å²) in [4.78, 5) is 38.9. The zero-order valence-electron chi connectivity index (χ0n) is 22.2. The molecule has 4 aliphatic heterocycles. The quantitative estimate of drug-likeness (QED) is 0.311. The Morgan fingerprint density at radius 2 is 1.87 bits per heavy atom. The molecule has 2 spiro atoms. The number of esters is 2. The smallest absolute Gasteiger partial charge is 0.330 e. The van der Waals surface area contributed by atoms with Gasteiger partial charge in [-0.25, -0.2) is 9.59 Å². The monoisotopic (exact) mass is 528 g/mol. The van der Waals surface area contributed by atoms with Crippen molar-refractivity contribution in [2.24, 2.45) is 10.8 Å². The van der Waals surface area contributed by atoms with Gasteiger partial charge in [0.2, 0.25) is 0 Å². The summed E-state index contributed by atoms with van der Waals surface area (Å²) >= 11 is 0. The first-order valence-corrected chi connectivity index (χ1v) is 13.6. The molecular weight excluding hydrogens is 492 g/mol. The van der Waals surface area contributed by atoms with Crippen LogP contribution in [0, 0.1) is 10.8 Å². The number of ether oxygens (including phenoxy) is 5. The van der Waals surface area contributed by atoms with E-state index in [2.05, 4.69) is 19.9 Å². The maximum atomic E-state index is 13.2. The van der Waals surface area contributed by atoms with Gasteiger partial charge in [0.25, 0.3) is 0 Å². The lowest BCUT2D eigenvalue weighted by molar-refractivity contribution is -0.232. The van der Waals surface area contributed by atoms with Crippen LogP contribution in [0.1, 0.15) is 59.3 Å². The Labute approximate surface area is 222 Å². The van der Waals surface area contributed by atoms with E-state index in [1.54, 1.807) is 6.08 Å². The second-order valence-electron chi connectivity index (χ2n) is 12.0. The summed E-state index contributed by atoms with van der Waals surface area (Å²) in [7, 11) is 0. The van der Waals surface area contributed by atoms with Crippen molar-refractivity contribution in [1.29, 1.82) is 0 Å². The van der Waals surface area contributed by atoms with Crippen molar-refractivity contribution in [3.8, 4) is 0 Å². The Kier molecular flexibility index (Phi) is 6.03. The van der Waals surface area contributed by atoms with Gasteiger partial charge in [-0.3, -0.25) is 4.79 Å². The van der Waals surface area contributed by atoms with Crippen LogP contribution in [-0.4, -0.2) is 78.3 Å². The average Bonchev–Trinajstić information content (AvgIpc) is 3.65. The molecule has 6 aliphatic rings. The van der Waals surface area contributed by atoms with Crippen LogP contribution in [-0.2, 0) is 38.1 Å². The molecule has 9 nitrogen and oxygen atoms in total. The molecule has 3 saturated heterocycles. The number of cyclic esters (lactones) is 1. The van der Waals surface area contributed by atoms with E-state index in [1.807, 2.05) is 0 Å². The van der Waals surface area contributed by atoms with Gasteiger partial charge in [0.15, 0.2) is 11.4 Å². The summed E-state index contributed by atoms with van der Waals surface area (Å²) in [5.41, 5.74) is -1.77. The number of carbonyl (C=O) groups is 3. The van der Waals surface area contributed by atoms with Gasteiger partial charge in [0.05, 0.1) is 30.8 Å². The fraction of sp³-hybridized carbons (Fsp3) is 0.690. The Bertz CT molecular complexity index is 1150. The molecule has 4 bridgehead atoms. The second-order valence-corrected chi connectivity index (χ2v) is 12.0. The maximum absolute atomic E-state index is 13.2. The van der Waals surface area contributed by atoms with Gasteiger partial charge in [-0.1, -0.05) is 24.6 Å². The highest BCUT2D eigenvalue weighted by Crippen LogP contribution is 2.72. The molecule has 8 atom stereocenters. The number of ketones is 1. The largest absolute Gasteiger partial charge is 0.462 e. The lowest BCUT2D eigenvalue weighted by Gasteiger charge is -2.58. The minimum absolute atomic E-state index is 0.0483. The second kappa shape index (κ2) is 8.84. The molecular formula is C29H36O9. The average molecular weight is 529 g/mol. The molecule has 0 aromatic heterocycles. The van der Waals surface area contributed by atoms with Crippen molar-refractivity contribution >= 4 is 17.7 Å². The molecule has 1 N–H and O–H groups in total. The zero-order chi connectivity index (χ0) is 26.9. The van der Waals surface area contributed by atoms with Gasteiger partial charge in [0, 0.05) is 24.0 Å². The maximum Gasteiger partial charge on any atom is 0.330 e. The van der Waals surface area contributed by atoms with Gasteiger partial charge in [-0.15, -0.1) is 0 Å². The van der Waals surface area contributed by atoms with Gasteiger partial charge in [0.1, 0.15) is 24.4 Å². The number of epoxide rings is 1. The van der Waals surface area contributed by atoms with E-state index < -0.39 is 46.2 Å². The lowest BCUT2D eigenvalue weighted by atomic mass is 9.51. The topological polar surface area (TPSA) is 121 Å². The molecule has 1 unspecified atom stereocenters. The van der Waals surface area contributed by atoms with E-state index in [0.717, 1.165) is 6.42 Å². The molecule has 0 radical (unpaired) electrons. The Morgan fingerprint density at radius 1 is 1.08 bits per heavy atom. The predicted molar refractivity (Wildman–Crippen MR) is 133 cm³/mol. The molecule has 9 heteroatoms. The van der Waals surface area contributed by atoms with Crippen molar-refractivity contribution in [1.82, 2.24) is 0 Å². The third kappa shape index (κ3) is 3.48. The van der Waals surface area contributed by atoms with Crippen molar-refractivity contribution in [2.75, 3.05) is 19.8 Å². The summed E-state index contributed by atoms with van der Waals surface area (Å²) < 4.78 is 30.6. The highest BCUT2D eigenvalue weighted by atomic mass is 16.6. The predicted octanol–water partition coefficient (Wildman–Crippen LogP) is 2.50. The van der Waals surface area contributed by atoms with Crippen molar-refractivity contribution in [2.45, 2.75) is 94.9 Å². The van der Waals surface area contributed by atoms with Crippen molar-refractivity contribution in [3.05, 3.63) is 35.5 Å². The fourth-order valence-corrected chi connectivity index (χ4v) is 7.88. The number of fused-ring (bicyclic) bond motifs is 2. The van der Waals surface area contributed by atoms with E-state index in [9.17, 15) is 19.5 Å². The first-order chi connectivity index (χ1) is 18.1. The molecule has 206 valence electrons. The Balaban J connectivity index is 1.42. The third-order valence-corrected chi connectivity index (χ3v) is 10.3. The fourth-order valence-electron chi connectivity index (χ4n) is 7.88. The molecule has 4 heterocycles. The Hall–Kier alpha value is -2.33. The van der Waals surface area contributed by atoms with Gasteiger partial charge >= 0.3 is 11.9 Å². The van der Waals surface area contributed by atoms with Crippen LogP contribution in [0.15, 0.2) is 35.5 Å². The number of rotatable bonds is 1. The first kappa shape index (κ1) is 25.9. The van der Waals surface area contributed by atoms with E-state index >= 15 is 0 Å². The van der Waals surface area contributed by atoms with Crippen molar-refractivity contribution in [3.63, 3.8) is 0 Å². The number of hydrogen-bond acceptors (Lipinski definition) is 9. The van der Waals surface area contributed by atoms with E-state index in [0.29, 0.717) is 37.9 Å². The van der Waals surface area contributed by atoms with Crippen LogP contribution in [0.5, 0.6) is 0 Å². The molecule has 2 aliphatic carbocycles. The molecule has 1 saturated carbocycles. The highest BCUT2D eigenvalue weighted by Gasteiger charge is 2.83. The van der Waals surface area contributed by atoms with Crippen LogP contribution in [0.2, 0.25) is 0 Å². The molecule has 0 amide bonds. The van der Waals surface area contributed by atoms with Crippen LogP contribution in [0.4, 0.5) is 0 Å². The minimum atomic E-state index is -1.49. The number of aliphatic hydroxyl groups is 1. The summed E-state index contributed by atoms with van der Waals surface area (Å²) in [6, 6.07) is 0. The van der Waals surface area contributed by atoms with Crippen molar-refractivity contribution < 1.29 is 43.2 Å². The van der Waals surface area contributed by atoms with Crippen LogP contribution in [0.3, 0.4) is 0 Å². The molecule has 0 aromatic rings. The van der Waals surface area contributed by atoms with Crippen LogP contribution in [0.25, 0.3) is 0 Å². The standard InChI is InChI=1S/C29H36O9/c1-17-7-10-27-15-34-24(32)13-19-8-11-35-28(18(2)30,25(19)33)9-5-4-6-23(31)38-20-14-22(37-21(27)12-17)29(16-36-29)26(20,27)3/h4,6,12-13,20-22,25,33H,5,7-11,14-16H2,1-3H3/b6-4-,19-13+/t20-,21-,22-,25-,26-,27-,28-,29?/m1/s1. The normalized spacial score (nSPS) is 48.6. The Morgan fingerprint density at radius 3 is 2.61 bits per heavy atom. The molecule has 4 fully saturated rings. The summed E-state index contributed by atoms with van der Waals surface area (Å²) in [5, 5.41) is 11.2. The lowest BCUT2D eigenvalue weighted by Crippen LogP contribution is -2.66. The molecule has 6 rings (SSSR count). The van der Waals surface area contributed by atoms with Gasteiger partial charge in [-0.05, 0) is 51.5 Å². The number of carbonyl (C=O) groups excluding carboxylic acids is 3. The minimum Gasteiger partial charge on any atom is -0.462 e. The van der Waals surface area contributed by atoms with E-state index in [-0.39, 0.29) is 37.6 Å². The summed E-state index contributed by atoms with van der Waals surface area (Å²) in [5.74, 6) is -1.41. The number of allylic oxidation sites excluding steroid dienone is 2. The molecule has 38 heavy (non-hydrogen) atoms. The number of hydrogen-bond donors (Lipinski definition) is 1. The summed E-state index contributed by atoms with van der Waals surface area (Å²) in [6.07, 6.45) is 6.90. The third-order valence-electron chi connectivity index (χ3n) is 10.3. The van der Waals surface area contributed by atoms with E-state index in [4.69, 9.17) is 23.7 Å². The highest BCUT2D eigenvalue weighted by molar-refractivity contribution is 5.88. The molecule has 0 aromatic carbocycles. The van der Waals surface area contributed by atoms with E-state index in [1.165, 1.54) is 24.6 Å². The summed E-state index contributed by atoms with van der Waals surface area (Å²) in [6.45, 7) is 6.28. The van der Waals surface area contributed by atoms with Gasteiger partial charge < -0.3 is 28.8 Å². The SMILES string of the molecule is CC(=O)[C@@]12CC/C=C\C(=O)O[C@@H]3C[C@H]4O[C@@H]5C=C(C)CC[C@]5(COC(=O)/C=C(\CCO1)[C@H]2O)[C@]3(C)C41CO1. The van der Waals surface area contributed by atoms with Gasteiger partial charge in [-0.2, -0.15) is 0 Å². The number of Topliss-reactive ketones (excluding diaryl/α,β-unsaturated/α-hetero) is 1.